The predicted molar refractivity (Wildman–Crippen MR) is 162 cm³/mol. The Morgan fingerprint density at radius 2 is 1.70 bits per heavy atom. The van der Waals surface area contributed by atoms with Crippen molar-refractivity contribution in [2.24, 2.45) is 4.99 Å². The topological polar surface area (TPSA) is 72.7 Å². The number of aromatic nitrogens is 1. The van der Waals surface area contributed by atoms with Crippen LogP contribution in [-0.4, -0.2) is 17.1 Å². The Hall–Kier alpha value is -4.23. The average molecular weight is 552 g/mol. The molecule has 0 bridgehead atoms. The standard InChI is InChI=1S/C33H33N3O3S/c1-6-39-26-18-14-23(15-19-26)29-28(30(37)35-25-10-8-7-9-11-25)21(2)34-32-36(29)31(38)27(40-32)20-22-12-16-24(17-13-22)33(3,4)5/h7-20,29H,6H2,1-5H3,(H,35,37)/b27-20-/t29-/m1/s1. The van der Waals surface area contributed by atoms with E-state index in [4.69, 9.17) is 9.73 Å². The summed E-state index contributed by atoms with van der Waals surface area (Å²) in [6.07, 6.45) is 1.90. The van der Waals surface area contributed by atoms with Crippen molar-refractivity contribution in [1.29, 1.82) is 0 Å². The van der Waals surface area contributed by atoms with Crippen molar-refractivity contribution in [2.45, 2.75) is 46.1 Å². The number of carbonyl (C=O) groups is 1. The summed E-state index contributed by atoms with van der Waals surface area (Å²) in [5.74, 6) is 0.437. The predicted octanol–water partition coefficient (Wildman–Crippen LogP) is 5.57. The number of thiazole rings is 1. The number of hydrogen-bond acceptors (Lipinski definition) is 5. The number of ether oxygens (including phenoxy) is 1. The molecule has 6 nitrogen and oxygen atoms in total. The Morgan fingerprint density at radius 1 is 1.02 bits per heavy atom. The van der Waals surface area contributed by atoms with Gasteiger partial charge in [0.1, 0.15) is 5.75 Å². The zero-order valence-electron chi connectivity index (χ0n) is 23.4. The molecule has 1 atom stereocenters. The third kappa shape index (κ3) is 5.56. The quantitative estimate of drug-likeness (QED) is 0.341. The summed E-state index contributed by atoms with van der Waals surface area (Å²) in [7, 11) is 0. The molecular formula is C33H33N3O3S. The first-order chi connectivity index (χ1) is 19.2. The minimum absolute atomic E-state index is 0.0455. The Kier molecular flexibility index (Phi) is 7.59. The van der Waals surface area contributed by atoms with Gasteiger partial charge in [0.05, 0.1) is 28.5 Å². The number of benzene rings is 3. The number of nitrogens with zero attached hydrogens (tertiary/aromatic N) is 2. The van der Waals surface area contributed by atoms with Gasteiger partial charge in [-0.3, -0.25) is 14.2 Å². The van der Waals surface area contributed by atoms with E-state index in [1.165, 1.54) is 16.9 Å². The largest absolute Gasteiger partial charge is 0.494 e. The third-order valence-electron chi connectivity index (χ3n) is 6.88. The fourth-order valence-corrected chi connectivity index (χ4v) is 5.84. The van der Waals surface area contributed by atoms with Crippen LogP contribution in [0.5, 0.6) is 5.75 Å². The van der Waals surface area contributed by atoms with Crippen LogP contribution >= 0.6 is 11.3 Å². The second-order valence-electron chi connectivity index (χ2n) is 10.8. The number of anilines is 1. The number of para-hydroxylation sites is 1. The molecule has 7 heteroatoms. The van der Waals surface area contributed by atoms with Gasteiger partial charge in [-0.1, -0.05) is 86.7 Å². The fraction of sp³-hybridized carbons (Fsp3) is 0.242. The van der Waals surface area contributed by atoms with Gasteiger partial charge in [0.2, 0.25) is 0 Å². The molecule has 0 aliphatic carbocycles. The van der Waals surface area contributed by atoms with E-state index in [0.29, 0.717) is 32.9 Å². The highest BCUT2D eigenvalue weighted by Crippen LogP contribution is 2.32. The molecule has 0 saturated heterocycles. The molecule has 204 valence electrons. The molecule has 1 aromatic heterocycles. The molecule has 1 N–H and O–H groups in total. The minimum Gasteiger partial charge on any atom is -0.494 e. The number of rotatable bonds is 6. The molecule has 0 unspecified atom stereocenters. The highest BCUT2D eigenvalue weighted by Gasteiger charge is 2.32. The van der Waals surface area contributed by atoms with Gasteiger partial charge >= 0.3 is 0 Å². The van der Waals surface area contributed by atoms with E-state index >= 15 is 0 Å². The summed E-state index contributed by atoms with van der Waals surface area (Å²) in [6.45, 7) is 10.8. The van der Waals surface area contributed by atoms with E-state index in [-0.39, 0.29) is 16.9 Å². The van der Waals surface area contributed by atoms with Gasteiger partial charge in [0.25, 0.3) is 11.5 Å². The first kappa shape index (κ1) is 27.3. The molecule has 3 aromatic carbocycles. The van der Waals surface area contributed by atoms with Crippen LogP contribution in [0.15, 0.2) is 99.9 Å². The number of carbonyl (C=O) groups excluding carboxylic acids is 1. The number of fused-ring (bicyclic) bond motifs is 1. The molecule has 0 saturated carbocycles. The van der Waals surface area contributed by atoms with Gasteiger partial charge < -0.3 is 10.1 Å². The summed E-state index contributed by atoms with van der Waals surface area (Å²) in [5, 5.41) is 2.99. The van der Waals surface area contributed by atoms with E-state index in [1.54, 1.807) is 4.57 Å². The molecule has 1 aliphatic rings. The number of allylic oxidation sites excluding steroid dienone is 1. The first-order valence-electron chi connectivity index (χ1n) is 13.4. The fourth-order valence-electron chi connectivity index (χ4n) is 4.79. The number of hydrogen-bond donors (Lipinski definition) is 1. The lowest BCUT2D eigenvalue weighted by Crippen LogP contribution is -2.40. The first-order valence-corrected chi connectivity index (χ1v) is 14.2. The van der Waals surface area contributed by atoms with Crippen molar-refractivity contribution in [3.63, 3.8) is 0 Å². The minimum atomic E-state index is -0.638. The Bertz CT molecular complexity index is 1740. The maximum Gasteiger partial charge on any atom is 0.271 e. The summed E-state index contributed by atoms with van der Waals surface area (Å²) >= 11 is 1.34. The van der Waals surface area contributed by atoms with E-state index < -0.39 is 6.04 Å². The number of amides is 1. The Balaban J connectivity index is 1.62. The normalized spacial score (nSPS) is 15.4. The van der Waals surface area contributed by atoms with Crippen molar-refractivity contribution >= 4 is 29.0 Å². The molecule has 0 radical (unpaired) electrons. The van der Waals surface area contributed by atoms with Gasteiger partial charge in [-0.15, -0.1) is 0 Å². The zero-order chi connectivity index (χ0) is 28.4. The van der Waals surface area contributed by atoms with Crippen LogP contribution in [0.1, 0.15) is 57.4 Å². The van der Waals surface area contributed by atoms with Gasteiger partial charge in [0.15, 0.2) is 4.80 Å². The summed E-state index contributed by atoms with van der Waals surface area (Å²) in [4.78, 5) is 32.9. The maximum absolute atomic E-state index is 13.9. The van der Waals surface area contributed by atoms with E-state index in [2.05, 4.69) is 38.2 Å². The highest BCUT2D eigenvalue weighted by atomic mass is 32.1. The van der Waals surface area contributed by atoms with Gasteiger partial charge in [-0.25, -0.2) is 4.99 Å². The van der Waals surface area contributed by atoms with Crippen LogP contribution in [0, 0.1) is 0 Å². The van der Waals surface area contributed by atoms with Crippen molar-refractivity contribution in [3.8, 4) is 5.75 Å². The van der Waals surface area contributed by atoms with Gasteiger partial charge in [-0.05, 0) is 66.3 Å². The SMILES string of the molecule is CCOc1ccc([C@@H]2C(C(=O)Nc3ccccc3)=C(C)N=c3s/c(=C\c4ccc(C(C)(C)C)cc4)c(=O)n32)cc1. The van der Waals surface area contributed by atoms with Crippen LogP contribution in [-0.2, 0) is 10.2 Å². The molecule has 1 aliphatic heterocycles. The third-order valence-corrected chi connectivity index (χ3v) is 7.86. The molecule has 4 aromatic rings. The Morgan fingerprint density at radius 3 is 2.33 bits per heavy atom. The molecular weight excluding hydrogens is 518 g/mol. The molecule has 0 spiro atoms. The van der Waals surface area contributed by atoms with Crippen LogP contribution in [0.25, 0.3) is 6.08 Å². The number of nitrogens with one attached hydrogen (secondary N) is 1. The van der Waals surface area contributed by atoms with E-state index in [0.717, 1.165) is 16.9 Å². The molecule has 5 rings (SSSR count). The van der Waals surface area contributed by atoms with Crippen molar-refractivity contribution in [3.05, 3.63) is 127 Å². The lowest BCUT2D eigenvalue weighted by molar-refractivity contribution is -0.113. The summed E-state index contributed by atoms with van der Waals surface area (Å²) in [6, 6.07) is 24.5. The van der Waals surface area contributed by atoms with Crippen LogP contribution < -0.4 is 24.9 Å². The molecule has 0 fully saturated rings. The zero-order valence-corrected chi connectivity index (χ0v) is 24.2. The van der Waals surface area contributed by atoms with E-state index in [9.17, 15) is 9.59 Å². The van der Waals surface area contributed by atoms with Crippen molar-refractivity contribution in [2.75, 3.05) is 11.9 Å². The highest BCUT2D eigenvalue weighted by molar-refractivity contribution is 7.07. The van der Waals surface area contributed by atoms with Crippen LogP contribution in [0.3, 0.4) is 0 Å². The molecule has 40 heavy (non-hydrogen) atoms. The molecule has 1 amide bonds. The monoisotopic (exact) mass is 551 g/mol. The maximum atomic E-state index is 13.9. The van der Waals surface area contributed by atoms with Crippen molar-refractivity contribution in [1.82, 2.24) is 4.57 Å². The van der Waals surface area contributed by atoms with Crippen LogP contribution in [0.2, 0.25) is 0 Å². The smallest absolute Gasteiger partial charge is 0.271 e. The second kappa shape index (κ2) is 11.1. The molecule has 2 heterocycles. The van der Waals surface area contributed by atoms with Crippen molar-refractivity contribution < 1.29 is 9.53 Å². The van der Waals surface area contributed by atoms with Gasteiger partial charge in [-0.2, -0.15) is 0 Å². The average Bonchev–Trinajstić information content (AvgIpc) is 3.23. The van der Waals surface area contributed by atoms with E-state index in [1.807, 2.05) is 86.7 Å². The van der Waals surface area contributed by atoms with Crippen LogP contribution in [0.4, 0.5) is 5.69 Å². The lowest BCUT2D eigenvalue weighted by Gasteiger charge is -2.25. The second-order valence-corrected chi connectivity index (χ2v) is 11.8. The Labute approximate surface area is 238 Å². The summed E-state index contributed by atoms with van der Waals surface area (Å²) in [5.41, 5.74) is 4.52. The lowest BCUT2D eigenvalue weighted by atomic mass is 9.87. The summed E-state index contributed by atoms with van der Waals surface area (Å²) < 4.78 is 7.84. The van der Waals surface area contributed by atoms with Gasteiger partial charge in [0, 0.05) is 5.69 Å².